The third kappa shape index (κ3) is 3.26. The second-order valence-corrected chi connectivity index (χ2v) is 5.70. The minimum Gasteiger partial charge on any atom is -0.298 e. The molecule has 0 atom stereocenters. The molecule has 2 heterocycles. The summed E-state index contributed by atoms with van der Waals surface area (Å²) in [5.41, 5.74) is 2.24. The summed E-state index contributed by atoms with van der Waals surface area (Å²) in [6, 6.07) is 14.2. The lowest BCUT2D eigenvalue weighted by Gasteiger charge is -2.10. The van der Waals surface area contributed by atoms with E-state index >= 15 is 0 Å². The maximum absolute atomic E-state index is 4.37. The first kappa shape index (κ1) is 14.5. The molecular weight excluding hydrogens is 292 g/mol. The van der Waals surface area contributed by atoms with Crippen molar-refractivity contribution in [2.75, 3.05) is 5.75 Å². The third-order valence-electron chi connectivity index (χ3n) is 3.17. The number of pyridine rings is 1. The molecule has 0 aliphatic heterocycles. The average Bonchev–Trinajstić information content (AvgIpc) is 2.97. The fraction of sp³-hybridized carbons (Fsp3) is 0.118. The Morgan fingerprint density at radius 3 is 2.55 bits per heavy atom. The number of nitrogens with zero attached hydrogens (tertiary/aromatic N) is 4. The molecule has 0 aliphatic carbocycles. The highest BCUT2D eigenvalue weighted by Crippen LogP contribution is 2.24. The molecule has 0 saturated heterocycles. The second kappa shape index (κ2) is 7.04. The smallest absolute Gasteiger partial charge is 0.192 e. The van der Waals surface area contributed by atoms with E-state index in [-0.39, 0.29) is 0 Å². The van der Waals surface area contributed by atoms with Crippen molar-refractivity contribution in [3.63, 3.8) is 0 Å². The monoisotopic (exact) mass is 308 g/mol. The average molecular weight is 308 g/mol. The molecule has 0 N–H and O–H groups in total. The van der Waals surface area contributed by atoms with Gasteiger partial charge in [-0.2, -0.15) is 0 Å². The Hall–Kier alpha value is -2.40. The first-order chi connectivity index (χ1) is 10.9. The van der Waals surface area contributed by atoms with Crippen LogP contribution >= 0.6 is 11.8 Å². The van der Waals surface area contributed by atoms with Gasteiger partial charge in [-0.1, -0.05) is 48.2 Å². The predicted octanol–water partition coefficient (Wildman–Crippen LogP) is 3.67. The van der Waals surface area contributed by atoms with Crippen molar-refractivity contribution in [1.82, 2.24) is 19.7 Å². The molecule has 0 aliphatic rings. The number of hydrogen-bond acceptors (Lipinski definition) is 4. The summed E-state index contributed by atoms with van der Waals surface area (Å²) in [5.74, 6) is 1.67. The zero-order valence-corrected chi connectivity index (χ0v) is 12.9. The van der Waals surface area contributed by atoms with Gasteiger partial charge in [-0.25, -0.2) is 0 Å². The van der Waals surface area contributed by atoms with Crippen LogP contribution in [0.2, 0.25) is 0 Å². The molecule has 0 spiro atoms. The van der Waals surface area contributed by atoms with Crippen LogP contribution in [0.15, 0.2) is 72.7 Å². The molecule has 5 heteroatoms. The number of aromatic nitrogens is 4. The van der Waals surface area contributed by atoms with Gasteiger partial charge in [0.05, 0.1) is 6.54 Å². The van der Waals surface area contributed by atoms with E-state index in [4.69, 9.17) is 0 Å². The van der Waals surface area contributed by atoms with Crippen molar-refractivity contribution in [1.29, 1.82) is 0 Å². The summed E-state index contributed by atoms with van der Waals surface area (Å²) in [5, 5.41) is 9.60. The van der Waals surface area contributed by atoms with Gasteiger partial charge in [-0.3, -0.25) is 9.55 Å². The fourth-order valence-corrected chi connectivity index (χ4v) is 2.82. The van der Waals surface area contributed by atoms with Gasteiger partial charge in [-0.05, 0) is 17.7 Å². The number of benzene rings is 1. The van der Waals surface area contributed by atoms with Crippen LogP contribution in [0.3, 0.4) is 0 Å². The zero-order valence-electron chi connectivity index (χ0n) is 12.1. The molecule has 110 valence electrons. The first-order valence-electron chi connectivity index (χ1n) is 6.99. The highest BCUT2D eigenvalue weighted by molar-refractivity contribution is 7.99. The SMILES string of the molecule is C=CCSc1nnc(-c2ccncc2)n1Cc1ccccc1. The molecule has 0 unspecified atom stereocenters. The molecule has 0 fully saturated rings. The van der Waals surface area contributed by atoms with Crippen LogP contribution in [-0.4, -0.2) is 25.5 Å². The van der Waals surface area contributed by atoms with E-state index in [2.05, 4.69) is 38.5 Å². The summed E-state index contributed by atoms with van der Waals surface area (Å²) < 4.78 is 2.14. The van der Waals surface area contributed by atoms with Gasteiger partial charge in [0.15, 0.2) is 11.0 Å². The van der Waals surface area contributed by atoms with Crippen molar-refractivity contribution < 1.29 is 0 Å². The molecule has 22 heavy (non-hydrogen) atoms. The van der Waals surface area contributed by atoms with Crippen LogP contribution in [0.1, 0.15) is 5.56 Å². The molecule has 0 radical (unpaired) electrons. The van der Waals surface area contributed by atoms with Crippen LogP contribution in [0.4, 0.5) is 0 Å². The molecule has 3 aromatic rings. The molecule has 1 aromatic carbocycles. The van der Waals surface area contributed by atoms with E-state index in [0.29, 0.717) is 0 Å². The molecular formula is C17H16N4S. The van der Waals surface area contributed by atoms with Crippen molar-refractivity contribution >= 4 is 11.8 Å². The van der Waals surface area contributed by atoms with Gasteiger partial charge in [0.1, 0.15) is 0 Å². The van der Waals surface area contributed by atoms with E-state index < -0.39 is 0 Å². The van der Waals surface area contributed by atoms with E-state index in [1.165, 1.54) is 5.56 Å². The third-order valence-corrected chi connectivity index (χ3v) is 4.13. The van der Waals surface area contributed by atoms with Crippen molar-refractivity contribution in [3.05, 3.63) is 73.1 Å². The topological polar surface area (TPSA) is 43.6 Å². The Balaban J connectivity index is 1.99. The Bertz CT molecular complexity index is 738. The van der Waals surface area contributed by atoms with Crippen LogP contribution < -0.4 is 0 Å². The minimum atomic E-state index is 0.741. The van der Waals surface area contributed by atoms with Gasteiger partial charge < -0.3 is 0 Å². The summed E-state index contributed by atoms with van der Waals surface area (Å²) in [6.07, 6.45) is 5.42. The summed E-state index contributed by atoms with van der Waals surface area (Å²) in [7, 11) is 0. The highest BCUT2D eigenvalue weighted by Gasteiger charge is 2.14. The van der Waals surface area contributed by atoms with Gasteiger partial charge >= 0.3 is 0 Å². The molecule has 0 bridgehead atoms. The fourth-order valence-electron chi connectivity index (χ4n) is 2.15. The molecule has 3 rings (SSSR count). The molecule has 4 nitrogen and oxygen atoms in total. The first-order valence-corrected chi connectivity index (χ1v) is 7.98. The normalized spacial score (nSPS) is 10.5. The van der Waals surface area contributed by atoms with Crippen LogP contribution in [0.25, 0.3) is 11.4 Å². The highest BCUT2D eigenvalue weighted by atomic mass is 32.2. The van der Waals surface area contributed by atoms with Crippen LogP contribution in [-0.2, 0) is 6.54 Å². The summed E-state index contributed by atoms with van der Waals surface area (Å²) in [4.78, 5) is 4.07. The molecule has 0 amide bonds. The van der Waals surface area contributed by atoms with Gasteiger partial charge in [0.25, 0.3) is 0 Å². The maximum Gasteiger partial charge on any atom is 0.192 e. The number of thioether (sulfide) groups is 1. The summed E-state index contributed by atoms with van der Waals surface area (Å²) >= 11 is 1.64. The number of rotatable bonds is 6. The Kier molecular flexibility index (Phi) is 4.65. The molecule has 0 saturated carbocycles. The lowest BCUT2D eigenvalue weighted by Crippen LogP contribution is -2.04. The maximum atomic E-state index is 4.37. The predicted molar refractivity (Wildman–Crippen MR) is 89.7 cm³/mol. The quantitative estimate of drug-likeness (QED) is 0.515. The minimum absolute atomic E-state index is 0.741. The van der Waals surface area contributed by atoms with E-state index in [0.717, 1.165) is 28.8 Å². The van der Waals surface area contributed by atoms with Crippen molar-refractivity contribution in [2.45, 2.75) is 11.7 Å². The van der Waals surface area contributed by atoms with Crippen LogP contribution in [0.5, 0.6) is 0 Å². The van der Waals surface area contributed by atoms with Crippen molar-refractivity contribution in [2.24, 2.45) is 0 Å². The molecule has 2 aromatic heterocycles. The van der Waals surface area contributed by atoms with Gasteiger partial charge in [-0.15, -0.1) is 16.8 Å². The van der Waals surface area contributed by atoms with E-state index in [1.54, 1.807) is 24.2 Å². The van der Waals surface area contributed by atoms with E-state index in [1.807, 2.05) is 36.4 Å². The Morgan fingerprint density at radius 2 is 1.82 bits per heavy atom. The van der Waals surface area contributed by atoms with Gasteiger partial charge in [0.2, 0.25) is 0 Å². The lowest BCUT2D eigenvalue weighted by molar-refractivity contribution is 0.715. The van der Waals surface area contributed by atoms with Crippen LogP contribution in [0, 0.1) is 0 Å². The van der Waals surface area contributed by atoms with Crippen molar-refractivity contribution in [3.8, 4) is 11.4 Å². The van der Waals surface area contributed by atoms with Gasteiger partial charge in [0, 0.05) is 23.7 Å². The summed E-state index contributed by atoms with van der Waals surface area (Å²) in [6.45, 7) is 4.51. The zero-order chi connectivity index (χ0) is 15.2. The van der Waals surface area contributed by atoms with E-state index in [9.17, 15) is 0 Å². The number of hydrogen-bond donors (Lipinski definition) is 0. The second-order valence-electron chi connectivity index (χ2n) is 4.71. The Morgan fingerprint density at radius 1 is 1.05 bits per heavy atom. The largest absolute Gasteiger partial charge is 0.298 e. The standard InChI is InChI=1S/C17H16N4S/c1-2-12-22-17-20-19-16(15-8-10-18-11-9-15)21(17)13-14-6-4-3-5-7-14/h2-11H,1,12-13H2. The Labute approximate surface area is 133 Å². The lowest BCUT2D eigenvalue weighted by atomic mass is 10.2.